The molecule has 2 aromatic rings. The molecule has 3 rings (SSSR count). The van der Waals surface area contributed by atoms with Crippen LogP contribution in [0.5, 0.6) is 0 Å². The average molecular weight is 327 g/mol. The third-order valence-electron chi connectivity index (χ3n) is 3.92. The number of benzene rings is 2. The van der Waals surface area contributed by atoms with E-state index < -0.39 is 6.03 Å². The standard InChI is InChI=1S/C18H18FN3O2/c1-12-11-15(8-9-16(12)22-10-2-3-17(22)23)21-18(24)20-14-6-4-13(19)5-7-14/h4-9,11H,2-3,10H2,1H3,(H2,20,21,24). The molecule has 0 bridgehead atoms. The number of carbonyl (C=O) groups excluding carboxylic acids is 2. The molecule has 1 fully saturated rings. The molecular formula is C18H18FN3O2. The van der Waals surface area contributed by atoms with Gasteiger partial charge in [0.15, 0.2) is 0 Å². The first-order chi connectivity index (χ1) is 11.5. The van der Waals surface area contributed by atoms with Crippen molar-refractivity contribution in [2.75, 3.05) is 22.1 Å². The van der Waals surface area contributed by atoms with E-state index in [0.717, 1.165) is 24.2 Å². The fourth-order valence-electron chi connectivity index (χ4n) is 2.77. The molecule has 2 N–H and O–H groups in total. The van der Waals surface area contributed by atoms with Crippen molar-refractivity contribution in [1.82, 2.24) is 0 Å². The van der Waals surface area contributed by atoms with Gasteiger partial charge in [0, 0.05) is 30.0 Å². The van der Waals surface area contributed by atoms with Crippen LogP contribution < -0.4 is 15.5 Å². The second kappa shape index (κ2) is 6.70. The van der Waals surface area contributed by atoms with Crippen molar-refractivity contribution in [3.8, 4) is 0 Å². The Hall–Kier alpha value is -2.89. The van der Waals surface area contributed by atoms with E-state index in [4.69, 9.17) is 0 Å². The molecule has 0 aromatic heterocycles. The number of anilines is 3. The Labute approximate surface area is 139 Å². The third-order valence-corrected chi connectivity index (χ3v) is 3.92. The Morgan fingerprint density at radius 2 is 1.75 bits per heavy atom. The summed E-state index contributed by atoms with van der Waals surface area (Å²) in [5.41, 5.74) is 2.93. The summed E-state index contributed by atoms with van der Waals surface area (Å²) >= 11 is 0. The van der Waals surface area contributed by atoms with Gasteiger partial charge >= 0.3 is 6.03 Å². The smallest absolute Gasteiger partial charge is 0.312 e. The van der Waals surface area contributed by atoms with Gasteiger partial charge in [-0.25, -0.2) is 9.18 Å². The summed E-state index contributed by atoms with van der Waals surface area (Å²) in [6.45, 7) is 2.64. The maximum Gasteiger partial charge on any atom is 0.323 e. The van der Waals surface area contributed by atoms with E-state index in [0.29, 0.717) is 17.8 Å². The summed E-state index contributed by atoms with van der Waals surface area (Å²) in [6.07, 6.45) is 1.46. The highest BCUT2D eigenvalue weighted by Crippen LogP contribution is 2.27. The minimum absolute atomic E-state index is 0.132. The molecule has 0 radical (unpaired) electrons. The van der Waals surface area contributed by atoms with E-state index in [1.54, 1.807) is 11.0 Å². The van der Waals surface area contributed by atoms with Gasteiger partial charge in [0.05, 0.1) is 0 Å². The molecule has 1 aliphatic heterocycles. The lowest BCUT2D eigenvalue weighted by Crippen LogP contribution is -2.24. The highest BCUT2D eigenvalue weighted by atomic mass is 19.1. The van der Waals surface area contributed by atoms with Gasteiger partial charge in [0.2, 0.25) is 5.91 Å². The first kappa shape index (κ1) is 16.0. The molecule has 1 aliphatic rings. The fourth-order valence-corrected chi connectivity index (χ4v) is 2.77. The van der Waals surface area contributed by atoms with Crippen LogP contribution in [0.1, 0.15) is 18.4 Å². The van der Waals surface area contributed by atoms with Crippen molar-refractivity contribution in [3.63, 3.8) is 0 Å². The molecule has 0 aliphatic carbocycles. The highest BCUT2D eigenvalue weighted by molar-refractivity contribution is 6.00. The molecule has 0 saturated carbocycles. The van der Waals surface area contributed by atoms with Gasteiger partial charge in [0.1, 0.15) is 5.82 Å². The quantitative estimate of drug-likeness (QED) is 0.898. The van der Waals surface area contributed by atoms with Crippen molar-refractivity contribution >= 4 is 29.0 Å². The zero-order chi connectivity index (χ0) is 17.1. The van der Waals surface area contributed by atoms with E-state index >= 15 is 0 Å². The van der Waals surface area contributed by atoms with Crippen LogP contribution in [0.4, 0.5) is 26.2 Å². The number of hydrogen-bond donors (Lipinski definition) is 2. The number of amides is 3. The highest BCUT2D eigenvalue weighted by Gasteiger charge is 2.22. The molecule has 0 unspecified atom stereocenters. The Bertz CT molecular complexity index is 774. The minimum Gasteiger partial charge on any atom is -0.312 e. The van der Waals surface area contributed by atoms with Crippen molar-refractivity contribution < 1.29 is 14.0 Å². The number of nitrogens with one attached hydrogen (secondary N) is 2. The summed E-state index contributed by atoms with van der Waals surface area (Å²) in [5, 5.41) is 5.36. The molecule has 5 nitrogen and oxygen atoms in total. The molecule has 24 heavy (non-hydrogen) atoms. The summed E-state index contributed by atoms with van der Waals surface area (Å²) in [6, 6.07) is 10.6. The molecule has 124 valence electrons. The third kappa shape index (κ3) is 3.53. The normalized spacial score (nSPS) is 13.9. The average Bonchev–Trinajstić information content (AvgIpc) is 2.96. The largest absolute Gasteiger partial charge is 0.323 e. The number of nitrogens with zero attached hydrogens (tertiary/aromatic N) is 1. The van der Waals surface area contributed by atoms with E-state index in [1.807, 2.05) is 19.1 Å². The van der Waals surface area contributed by atoms with E-state index in [9.17, 15) is 14.0 Å². The van der Waals surface area contributed by atoms with Crippen LogP contribution in [-0.2, 0) is 4.79 Å². The molecule has 2 aromatic carbocycles. The maximum absolute atomic E-state index is 12.9. The second-order valence-corrected chi connectivity index (χ2v) is 5.74. The zero-order valence-electron chi connectivity index (χ0n) is 13.3. The van der Waals surface area contributed by atoms with Gasteiger partial charge in [-0.15, -0.1) is 0 Å². The van der Waals surface area contributed by atoms with Gasteiger partial charge < -0.3 is 15.5 Å². The fraction of sp³-hybridized carbons (Fsp3) is 0.222. The molecule has 3 amide bonds. The topological polar surface area (TPSA) is 61.4 Å². The van der Waals surface area contributed by atoms with Crippen LogP contribution >= 0.6 is 0 Å². The van der Waals surface area contributed by atoms with Crippen molar-refractivity contribution in [3.05, 3.63) is 53.8 Å². The first-order valence-electron chi connectivity index (χ1n) is 7.77. The molecule has 1 heterocycles. The Morgan fingerprint density at radius 3 is 2.38 bits per heavy atom. The predicted octanol–water partition coefficient (Wildman–Crippen LogP) is 3.90. The SMILES string of the molecule is Cc1cc(NC(=O)Nc2ccc(F)cc2)ccc1N1CCCC1=O. The van der Waals surface area contributed by atoms with Crippen LogP contribution in [-0.4, -0.2) is 18.5 Å². The Balaban J connectivity index is 1.67. The summed E-state index contributed by atoms with van der Waals surface area (Å²) < 4.78 is 12.9. The van der Waals surface area contributed by atoms with Gasteiger partial charge in [0.25, 0.3) is 0 Å². The molecule has 0 spiro atoms. The van der Waals surface area contributed by atoms with E-state index in [-0.39, 0.29) is 11.7 Å². The lowest BCUT2D eigenvalue weighted by atomic mass is 10.1. The first-order valence-corrected chi connectivity index (χ1v) is 7.77. The number of aryl methyl sites for hydroxylation is 1. The van der Waals surface area contributed by atoms with E-state index in [2.05, 4.69) is 10.6 Å². The number of halogens is 1. The van der Waals surface area contributed by atoms with Gasteiger partial charge in [-0.2, -0.15) is 0 Å². The predicted molar refractivity (Wildman–Crippen MR) is 91.8 cm³/mol. The monoisotopic (exact) mass is 327 g/mol. The number of urea groups is 1. The Morgan fingerprint density at radius 1 is 1.08 bits per heavy atom. The number of carbonyl (C=O) groups is 2. The lowest BCUT2D eigenvalue weighted by molar-refractivity contribution is -0.117. The van der Waals surface area contributed by atoms with Gasteiger partial charge in [-0.1, -0.05) is 0 Å². The Kier molecular flexibility index (Phi) is 4.46. The van der Waals surface area contributed by atoms with Crippen LogP contribution in [0.2, 0.25) is 0 Å². The second-order valence-electron chi connectivity index (χ2n) is 5.74. The molecular weight excluding hydrogens is 309 g/mol. The number of rotatable bonds is 3. The van der Waals surface area contributed by atoms with Crippen molar-refractivity contribution in [2.45, 2.75) is 19.8 Å². The summed E-state index contributed by atoms with van der Waals surface area (Å²) in [7, 11) is 0. The molecule has 1 saturated heterocycles. The summed E-state index contributed by atoms with van der Waals surface area (Å²) in [5.74, 6) is -0.225. The van der Waals surface area contributed by atoms with Gasteiger partial charge in [-0.05, 0) is 61.4 Å². The van der Waals surface area contributed by atoms with Crippen LogP contribution in [0.25, 0.3) is 0 Å². The molecule has 6 heteroatoms. The molecule has 0 atom stereocenters. The maximum atomic E-state index is 12.9. The van der Waals surface area contributed by atoms with Gasteiger partial charge in [-0.3, -0.25) is 4.79 Å². The minimum atomic E-state index is -0.411. The van der Waals surface area contributed by atoms with Crippen LogP contribution in [0.3, 0.4) is 0 Å². The zero-order valence-corrected chi connectivity index (χ0v) is 13.3. The number of hydrogen-bond acceptors (Lipinski definition) is 2. The van der Waals surface area contributed by atoms with Crippen LogP contribution in [0, 0.1) is 12.7 Å². The van der Waals surface area contributed by atoms with Crippen molar-refractivity contribution in [1.29, 1.82) is 0 Å². The van der Waals surface area contributed by atoms with Crippen LogP contribution in [0.15, 0.2) is 42.5 Å². The van der Waals surface area contributed by atoms with E-state index in [1.165, 1.54) is 24.3 Å². The summed E-state index contributed by atoms with van der Waals surface area (Å²) in [4.78, 5) is 25.6. The van der Waals surface area contributed by atoms with Crippen molar-refractivity contribution in [2.24, 2.45) is 0 Å². The lowest BCUT2D eigenvalue weighted by Gasteiger charge is -2.19.